The number of Topliss-reactive ketones (excluding diaryl/α,β-unsaturated/α-hetero) is 1. The van der Waals surface area contributed by atoms with Gasteiger partial charge in [-0.25, -0.2) is 0 Å². The molecule has 0 radical (unpaired) electrons. The van der Waals surface area contributed by atoms with E-state index in [4.69, 9.17) is 4.74 Å². The molecule has 0 bridgehead atoms. The average molecular weight is 174 g/mol. The molecule has 0 aromatic carbocycles. The van der Waals surface area contributed by atoms with Crippen molar-refractivity contribution in [2.45, 2.75) is 13.0 Å². The normalized spacial score (nSPS) is 12.9. The van der Waals surface area contributed by atoms with Gasteiger partial charge in [0.1, 0.15) is 0 Å². The summed E-state index contributed by atoms with van der Waals surface area (Å²) in [6.45, 7) is 3.62. The highest BCUT2D eigenvalue weighted by molar-refractivity contribution is 5.85. The number of likely N-dealkylation sites (N-methyl/N-ethyl adjacent to an activating group) is 1. The molecule has 0 fully saturated rings. The van der Waals surface area contributed by atoms with Crippen LogP contribution in [0.4, 0.5) is 0 Å². The molecule has 0 heterocycles. The van der Waals surface area contributed by atoms with Gasteiger partial charge in [-0.05, 0) is 14.0 Å². The van der Waals surface area contributed by atoms with Gasteiger partial charge in [-0.3, -0.25) is 4.79 Å². The zero-order valence-corrected chi connectivity index (χ0v) is 8.02. The predicted octanol–water partition coefficient (Wildman–Crippen LogP) is -0.601. The molecule has 0 spiro atoms. The van der Waals surface area contributed by atoms with E-state index in [-0.39, 0.29) is 11.8 Å². The summed E-state index contributed by atoms with van der Waals surface area (Å²) in [6, 6.07) is -0.0694. The molecular formula is C8H18N2O2. The van der Waals surface area contributed by atoms with Gasteiger partial charge in [-0.15, -0.1) is 0 Å². The molecule has 4 heteroatoms. The van der Waals surface area contributed by atoms with Crippen molar-refractivity contribution in [3.8, 4) is 0 Å². The number of nitrogens with one attached hydrogen (secondary N) is 2. The number of methoxy groups -OCH3 is 1. The maximum Gasteiger partial charge on any atom is 0.163 e. The van der Waals surface area contributed by atoms with Crippen molar-refractivity contribution in [1.29, 1.82) is 0 Å². The lowest BCUT2D eigenvalue weighted by atomic mass is 10.2. The molecule has 0 aliphatic rings. The van der Waals surface area contributed by atoms with E-state index < -0.39 is 0 Å². The smallest absolute Gasteiger partial charge is 0.163 e. The lowest BCUT2D eigenvalue weighted by Crippen LogP contribution is -2.38. The fourth-order valence-electron chi connectivity index (χ4n) is 0.700. The van der Waals surface area contributed by atoms with Crippen LogP contribution in [0.5, 0.6) is 0 Å². The van der Waals surface area contributed by atoms with Gasteiger partial charge in [0.2, 0.25) is 0 Å². The molecule has 1 unspecified atom stereocenters. The van der Waals surface area contributed by atoms with Crippen molar-refractivity contribution in [3.05, 3.63) is 0 Å². The zero-order chi connectivity index (χ0) is 9.40. The van der Waals surface area contributed by atoms with E-state index in [1.807, 2.05) is 6.92 Å². The van der Waals surface area contributed by atoms with E-state index in [1.54, 1.807) is 14.2 Å². The molecule has 0 aliphatic carbocycles. The quantitative estimate of drug-likeness (QED) is 0.506. The van der Waals surface area contributed by atoms with Gasteiger partial charge in [0.15, 0.2) is 5.78 Å². The van der Waals surface area contributed by atoms with Gasteiger partial charge in [-0.2, -0.15) is 0 Å². The third-order valence-corrected chi connectivity index (χ3v) is 1.70. The van der Waals surface area contributed by atoms with Gasteiger partial charge in [0, 0.05) is 13.7 Å². The van der Waals surface area contributed by atoms with E-state index in [0.717, 1.165) is 6.54 Å². The van der Waals surface area contributed by atoms with Crippen LogP contribution < -0.4 is 10.6 Å². The number of ketones is 1. The van der Waals surface area contributed by atoms with E-state index in [1.165, 1.54) is 0 Å². The lowest BCUT2D eigenvalue weighted by molar-refractivity contribution is -0.119. The Morgan fingerprint density at radius 1 is 1.58 bits per heavy atom. The van der Waals surface area contributed by atoms with Crippen LogP contribution in [-0.2, 0) is 9.53 Å². The number of ether oxygens (including phenoxy) is 1. The second-order valence-corrected chi connectivity index (χ2v) is 2.65. The molecule has 1 atom stereocenters. The zero-order valence-electron chi connectivity index (χ0n) is 8.02. The first-order chi connectivity index (χ1) is 5.72. The standard InChI is InChI=1S/C8H18N2O2/c1-7(9-2)8(11)6-10-4-5-12-3/h7,9-10H,4-6H2,1-3H3. The van der Waals surface area contributed by atoms with Crippen molar-refractivity contribution in [2.75, 3.05) is 33.9 Å². The molecule has 0 saturated carbocycles. The number of hydrogen-bond donors (Lipinski definition) is 2. The second kappa shape index (κ2) is 7.21. The molecule has 0 aliphatic heterocycles. The van der Waals surface area contributed by atoms with E-state index in [2.05, 4.69) is 10.6 Å². The molecule has 0 amide bonds. The molecule has 4 nitrogen and oxygen atoms in total. The summed E-state index contributed by atoms with van der Waals surface area (Å²) in [7, 11) is 3.41. The first-order valence-corrected chi connectivity index (χ1v) is 4.12. The Labute approximate surface area is 73.7 Å². The summed E-state index contributed by atoms with van der Waals surface area (Å²) in [5.41, 5.74) is 0. The van der Waals surface area contributed by atoms with E-state index in [9.17, 15) is 4.79 Å². The summed E-state index contributed by atoms with van der Waals surface area (Å²) in [5.74, 6) is 0.175. The summed E-state index contributed by atoms with van der Waals surface area (Å²) in [5, 5.41) is 5.87. The van der Waals surface area contributed by atoms with Crippen LogP contribution >= 0.6 is 0 Å². The molecule has 72 valence electrons. The first-order valence-electron chi connectivity index (χ1n) is 4.12. The first kappa shape index (κ1) is 11.6. The van der Waals surface area contributed by atoms with Crippen molar-refractivity contribution in [2.24, 2.45) is 0 Å². The number of rotatable bonds is 7. The van der Waals surface area contributed by atoms with Crippen molar-refractivity contribution < 1.29 is 9.53 Å². The third-order valence-electron chi connectivity index (χ3n) is 1.70. The number of carbonyl (C=O) groups is 1. The van der Waals surface area contributed by atoms with Gasteiger partial charge in [0.25, 0.3) is 0 Å². The monoisotopic (exact) mass is 174 g/mol. The van der Waals surface area contributed by atoms with Gasteiger partial charge in [0.05, 0.1) is 19.2 Å². The van der Waals surface area contributed by atoms with Crippen LogP contribution in [0.25, 0.3) is 0 Å². The van der Waals surface area contributed by atoms with Crippen LogP contribution in [-0.4, -0.2) is 45.7 Å². The van der Waals surface area contributed by atoms with Crippen LogP contribution in [0.3, 0.4) is 0 Å². The van der Waals surface area contributed by atoms with Crippen LogP contribution in [0.2, 0.25) is 0 Å². The largest absolute Gasteiger partial charge is 0.383 e. The third kappa shape index (κ3) is 5.23. The topological polar surface area (TPSA) is 50.4 Å². The maximum atomic E-state index is 11.2. The van der Waals surface area contributed by atoms with Gasteiger partial charge in [-0.1, -0.05) is 0 Å². The predicted molar refractivity (Wildman–Crippen MR) is 48.3 cm³/mol. The highest BCUT2D eigenvalue weighted by Gasteiger charge is 2.08. The Balaban J connectivity index is 3.31. The minimum absolute atomic E-state index is 0.0694. The lowest BCUT2D eigenvalue weighted by Gasteiger charge is -2.09. The molecular weight excluding hydrogens is 156 g/mol. The second-order valence-electron chi connectivity index (χ2n) is 2.65. The molecule has 0 saturated heterocycles. The van der Waals surface area contributed by atoms with E-state index in [0.29, 0.717) is 13.2 Å². The molecule has 0 rings (SSSR count). The van der Waals surface area contributed by atoms with Crippen LogP contribution in [0.1, 0.15) is 6.92 Å². The fourth-order valence-corrected chi connectivity index (χ4v) is 0.700. The van der Waals surface area contributed by atoms with Gasteiger partial charge < -0.3 is 15.4 Å². The summed E-state index contributed by atoms with van der Waals surface area (Å²) >= 11 is 0. The fraction of sp³-hybridized carbons (Fsp3) is 0.875. The van der Waals surface area contributed by atoms with Crippen molar-refractivity contribution in [1.82, 2.24) is 10.6 Å². The highest BCUT2D eigenvalue weighted by atomic mass is 16.5. The Kier molecular flexibility index (Phi) is 6.94. The SMILES string of the molecule is CNC(C)C(=O)CNCCOC. The Hall–Kier alpha value is -0.450. The Morgan fingerprint density at radius 2 is 2.25 bits per heavy atom. The molecule has 12 heavy (non-hydrogen) atoms. The van der Waals surface area contributed by atoms with Crippen molar-refractivity contribution in [3.63, 3.8) is 0 Å². The highest BCUT2D eigenvalue weighted by Crippen LogP contribution is 1.80. The maximum absolute atomic E-state index is 11.2. The number of carbonyl (C=O) groups excluding carboxylic acids is 1. The summed E-state index contributed by atoms with van der Waals surface area (Å²) in [4.78, 5) is 11.2. The Morgan fingerprint density at radius 3 is 2.75 bits per heavy atom. The van der Waals surface area contributed by atoms with Crippen molar-refractivity contribution >= 4 is 5.78 Å². The van der Waals surface area contributed by atoms with Crippen LogP contribution in [0.15, 0.2) is 0 Å². The summed E-state index contributed by atoms with van der Waals surface area (Å²) in [6.07, 6.45) is 0. The minimum Gasteiger partial charge on any atom is -0.383 e. The molecule has 0 aromatic heterocycles. The average Bonchev–Trinajstić information content (AvgIpc) is 2.10. The van der Waals surface area contributed by atoms with E-state index >= 15 is 0 Å². The van der Waals surface area contributed by atoms with Crippen LogP contribution in [0, 0.1) is 0 Å². The molecule has 0 aromatic rings. The molecule has 2 N–H and O–H groups in total. The minimum atomic E-state index is -0.0694. The summed E-state index contributed by atoms with van der Waals surface area (Å²) < 4.78 is 4.82. The Bertz CT molecular complexity index is 128. The van der Waals surface area contributed by atoms with Gasteiger partial charge >= 0.3 is 0 Å². The number of hydrogen-bond acceptors (Lipinski definition) is 4.